The Hall–Kier alpha value is -1.32. The maximum atomic E-state index is 10.9. The Bertz CT molecular complexity index is 264. The molecule has 0 N–H and O–H groups in total. The number of hydrogen-bond donors (Lipinski definition) is 0. The molecule has 0 heterocycles. The molecule has 0 unspecified atom stereocenters. The molecule has 0 radical (unpaired) electrons. The monoisotopic (exact) mass is 216 g/mol. The Morgan fingerprint density at radius 2 is 2.00 bits per heavy atom. The number of carbonyl (C=O) groups excluding carboxylic acids is 2. The van der Waals surface area contributed by atoms with E-state index in [1.807, 2.05) is 0 Å². The van der Waals surface area contributed by atoms with Gasteiger partial charge in [-0.05, 0) is 6.42 Å². The summed E-state index contributed by atoms with van der Waals surface area (Å²) in [4.78, 5) is 21.4. The minimum atomic E-state index is -0.584. The second kappa shape index (κ2) is 8.29. The van der Waals surface area contributed by atoms with Crippen molar-refractivity contribution in [3.63, 3.8) is 0 Å². The summed E-state index contributed by atoms with van der Waals surface area (Å²) < 4.78 is 9.03. The maximum Gasteiger partial charge on any atom is 0.331 e. The third-order valence-electron chi connectivity index (χ3n) is 1.21. The third-order valence-corrected chi connectivity index (χ3v) is 1.73. The van der Waals surface area contributed by atoms with Crippen LogP contribution in [0.5, 0.6) is 0 Å². The summed E-state index contributed by atoms with van der Waals surface area (Å²) in [5.74, 6) is -0.412. The lowest BCUT2D eigenvalue weighted by atomic mass is 10.5. The van der Waals surface area contributed by atoms with Gasteiger partial charge in [0.15, 0.2) is 0 Å². The molecule has 0 aromatic heterocycles. The van der Waals surface area contributed by atoms with E-state index in [1.54, 1.807) is 0 Å². The van der Waals surface area contributed by atoms with Crippen LogP contribution in [0.2, 0.25) is 0 Å². The van der Waals surface area contributed by atoms with E-state index in [0.717, 1.165) is 17.9 Å². The molecular weight excluding hydrogens is 204 g/mol. The molecule has 0 aliphatic heterocycles. The fraction of sp³-hybridized carbons (Fsp3) is 0.444. The zero-order chi connectivity index (χ0) is 10.8. The molecule has 0 aliphatic rings. The van der Waals surface area contributed by atoms with Gasteiger partial charge < -0.3 is 9.47 Å². The van der Waals surface area contributed by atoms with E-state index in [1.165, 1.54) is 18.3 Å². The molecule has 0 aliphatic carbocycles. The molecule has 0 spiro atoms. The van der Waals surface area contributed by atoms with E-state index in [2.05, 4.69) is 4.74 Å². The van der Waals surface area contributed by atoms with Crippen molar-refractivity contribution in [3.05, 3.63) is 12.2 Å². The van der Waals surface area contributed by atoms with Crippen LogP contribution >= 0.6 is 11.2 Å². The Morgan fingerprint density at radius 1 is 1.36 bits per heavy atom. The summed E-state index contributed by atoms with van der Waals surface area (Å²) >= 11 is 1.19. The van der Waals surface area contributed by atoms with E-state index in [9.17, 15) is 9.59 Å². The largest absolute Gasteiger partial charge is 0.466 e. The van der Waals surface area contributed by atoms with Crippen molar-refractivity contribution in [1.82, 2.24) is 0 Å². The Balaban J connectivity index is 3.61. The van der Waals surface area contributed by atoms with Gasteiger partial charge in [0.05, 0.1) is 13.7 Å². The average Bonchev–Trinajstić information content (AvgIpc) is 2.21. The minimum Gasteiger partial charge on any atom is -0.466 e. The summed E-state index contributed by atoms with van der Waals surface area (Å²) in [6.45, 7) is 0.300. The van der Waals surface area contributed by atoms with Gasteiger partial charge in [0.1, 0.15) is 0 Å². The van der Waals surface area contributed by atoms with Crippen molar-refractivity contribution in [2.24, 2.45) is 0 Å². The third kappa shape index (κ3) is 7.34. The summed E-state index contributed by atoms with van der Waals surface area (Å²) in [5.41, 5.74) is 5.16. The van der Waals surface area contributed by atoms with Crippen LogP contribution in [-0.2, 0) is 19.1 Å². The standard InChI is InChI=1S/C9H12O4S/c1-12-8(10)4-5-9(11)13-6-3-7-14-2/h2,4-5H,3,6-7H2,1H3. The molecule has 0 rings (SSSR count). The molecule has 0 bridgehead atoms. The summed E-state index contributed by atoms with van der Waals surface area (Å²) in [5, 5.41) is 0. The normalized spacial score (nSPS) is 9.71. The van der Waals surface area contributed by atoms with Crippen LogP contribution in [-0.4, -0.2) is 31.4 Å². The summed E-state index contributed by atoms with van der Waals surface area (Å²) in [6, 6.07) is 0. The smallest absolute Gasteiger partial charge is 0.331 e. The Morgan fingerprint density at radius 3 is 2.57 bits per heavy atom. The molecule has 78 valence electrons. The van der Waals surface area contributed by atoms with Gasteiger partial charge in [0, 0.05) is 17.9 Å². The van der Waals surface area contributed by atoms with Gasteiger partial charge in [-0.3, -0.25) is 0 Å². The molecule has 0 atom stereocenters. The Labute approximate surface area is 86.5 Å². The number of ether oxygens (including phenoxy) is 2. The zero-order valence-electron chi connectivity index (χ0n) is 7.89. The van der Waals surface area contributed by atoms with Gasteiger partial charge in [-0.2, -0.15) is 0 Å². The maximum absolute atomic E-state index is 10.9. The predicted octanol–water partition coefficient (Wildman–Crippen LogP) is 0.971. The number of carbonyl (C=O) groups is 2. The number of hydrogen-bond acceptors (Lipinski definition) is 4. The fourth-order valence-corrected chi connectivity index (χ4v) is 0.852. The lowest BCUT2D eigenvalue weighted by molar-refractivity contribution is -0.139. The first-order valence-corrected chi connectivity index (χ1v) is 5.00. The second-order valence-electron chi connectivity index (χ2n) is 2.25. The first-order valence-electron chi connectivity index (χ1n) is 3.95. The van der Waals surface area contributed by atoms with Crippen molar-refractivity contribution in [2.45, 2.75) is 6.42 Å². The van der Waals surface area contributed by atoms with Crippen LogP contribution in [0.3, 0.4) is 0 Å². The van der Waals surface area contributed by atoms with Gasteiger partial charge in [-0.1, -0.05) is 0 Å². The van der Waals surface area contributed by atoms with E-state index >= 15 is 0 Å². The van der Waals surface area contributed by atoms with Gasteiger partial charge >= 0.3 is 11.9 Å². The Kier molecular flexibility index (Phi) is 7.50. The highest BCUT2D eigenvalue weighted by molar-refractivity contribution is 7.88. The first kappa shape index (κ1) is 12.7. The molecular formula is C9H12O4S. The quantitative estimate of drug-likeness (QED) is 0.390. The highest BCUT2D eigenvalue weighted by atomic mass is 32.1. The first-order chi connectivity index (χ1) is 6.70. The van der Waals surface area contributed by atoms with Crippen molar-refractivity contribution < 1.29 is 19.1 Å². The molecule has 4 nitrogen and oxygen atoms in total. The molecule has 5 heteroatoms. The molecule has 0 fully saturated rings. The molecule has 0 saturated heterocycles. The van der Waals surface area contributed by atoms with Crippen molar-refractivity contribution in [1.29, 1.82) is 0 Å². The molecule has 0 aromatic rings. The predicted molar refractivity (Wildman–Crippen MR) is 54.1 cm³/mol. The van der Waals surface area contributed by atoms with Gasteiger partial charge in [0.25, 0.3) is 0 Å². The highest BCUT2D eigenvalue weighted by Crippen LogP contribution is 1.90. The van der Waals surface area contributed by atoms with Gasteiger partial charge in [-0.25, -0.2) is 9.59 Å². The van der Waals surface area contributed by atoms with Crippen LogP contribution in [0.15, 0.2) is 12.2 Å². The molecule has 0 aromatic carbocycles. The van der Waals surface area contributed by atoms with Crippen LogP contribution < -0.4 is 0 Å². The van der Waals surface area contributed by atoms with Crippen molar-refractivity contribution >= 4 is 23.1 Å². The van der Waals surface area contributed by atoms with E-state index in [0.29, 0.717) is 13.0 Å². The van der Waals surface area contributed by atoms with Crippen molar-refractivity contribution in [2.75, 3.05) is 19.5 Å². The number of methoxy groups -OCH3 is 1. The average molecular weight is 216 g/mol. The van der Waals surface area contributed by atoms with Crippen LogP contribution in [0.4, 0.5) is 0 Å². The van der Waals surface area contributed by atoms with Crippen LogP contribution in [0, 0.1) is 5.69 Å². The number of rotatable bonds is 5. The summed E-state index contributed by atoms with van der Waals surface area (Å²) in [7, 11) is 1.23. The van der Waals surface area contributed by atoms with Gasteiger partial charge in [-0.15, -0.1) is 16.9 Å². The van der Waals surface area contributed by atoms with Gasteiger partial charge in [0.2, 0.25) is 0 Å². The lowest BCUT2D eigenvalue weighted by Crippen LogP contribution is -2.04. The van der Waals surface area contributed by atoms with E-state index < -0.39 is 11.9 Å². The fourth-order valence-electron chi connectivity index (χ4n) is 0.567. The molecule has 14 heavy (non-hydrogen) atoms. The van der Waals surface area contributed by atoms with E-state index in [4.69, 9.17) is 10.4 Å². The van der Waals surface area contributed by atoms with Crippen LogP contribution in [0.1, 0.15) is 6.42 Å². The summed E-state index contributed by atoms with van der Waals surface area (Å²) in [6.07, 6.45) is 2.74. The zero-order valence-corrected chi connectivity index (χ0v) is 8.71. The highest BCUT2D eigenvalue weighted by Gasteiger charge is 1.98. The van der Waals surface area contributed by atoms with E-state index in [-0.39, 0.29) is 0 Å². The lowest BCUT2D eigenvalue weighted by Gasteiger charge is -1.98. The number of esters is 2. The SMILES string of the molecule is C#SCCCOC(=O)C=CC(=O)OC. The topological polar surface area (TPSA) is 52.6 Å². The van der Waals surface area contributed by atoms with Crippen LogP contribution in [0.25, 0.3) is 0 Å². The second-order valence-corrected chi connectivity index (χ2v) is 2.99. The minimum absolute atomic E-state index is 0.300. The molecule has 0 amide bonds. The van der Waals surface area contributed by atoms with Crippen molar-refractivity contribution in [3.8, 4) is 5.69 Å². The molecule has 0 saturated carbocycles.